The number of rotatable bonds is 3. The van der Waals surface area contributed by atoms with E-state index in [0.717, 1.165) is 48.4 Å². The van der Waals surface area contributed by atoms with Crippen molar-refractivity contribution in [2.24, 2.45) is 0 Å². The molecule has 0 unspecified atom stereocenters. The zero-order chi connectivity index (χ0) is 18.1. The van der Waals surface area contributed by atoms with Crippen LogP contribution in [0.25, 0.3) is 10.9 Å². The van der Waals surface area contributed by atoms with E-state index in [-0.39, 0.29) is 5.91 Å². The number of nitrogens with zero attached hydrogens (tertiary/aromatic N) is 2. The van der Waals surface area contributed by atoms with Crippen LogP contribution >= 0.6 is 0 Å². The van der Waals surface area contributed by atoms with Crippen molar-refractivity contribution in [3.63, 3.8) is 0 Å². The Morgan fingerprint density at radius 1 is 1.04 bits per heavy atom. The number of para-hydroxylation sites is 1. The first-order valence-corrected chi connectivity index (χ1v) is 8.93. The van der Waals surface area contributed by atoms with E-state index in [1.807, 2.05) is 36.1 Å². The van der Waals surface area contributed by atoms with Gasteiger partial charge in [0.1, 0.15) is 11.4 Å². The Hall–Kier alpha value is -2.95. The summed E-state index contributed by atoms with van der Waals surface area (Å²) in [6.07, 6.45) is 0. The van der Waals surface area contributed by atoms with Crippen molar-refractivity contribution in [1.82, 2.24) is 9.88 Å². The third-order valence-electron chi connectivity index (χ3n) is 5.17. The van der Waals surface area contributed by atoms with Crippen LogP contribution in [0.4, 0.5) is 5.69 Å². The van der Waals surface area contributed by atoms with E-state index in [4.69, 9.17) is 4.74 Å². The van der Waals surface area contributed by atoms with Gasteiger partial charge in [-0.1, -0.05) is 18.2 Å². The van der Waals surface area contributed by atoms with Crippen molar-refractivity contribution in [1.29, 1.82) is 0 Å². The van der Waals surface area contributed by atoms with Crippen molar-refractivity contribution in [3.05, 3.63) is 59.8 Å². The number of aromatic nitrogens is 1. The smallest absolute Gasteiger partial charge is 0.270 e. The van der Waals surface area contributed by atoms with Crippen molar-refractivity contribution >= 4 is 22.5 Å². The molecule has 1 N–H and O–H groups in total. The van der Waals surface area contributed by atoms with E-state index in [1.165, 1.54) is 5.69 Å². The van der Waals surface area contributed by atoms with Crippen molar-refractivity contribution < 1.29 is 9.53 Å². The summed E-state index contributed by atoms with van der Waals surface area (Å²) >= 11 is 0. The summed E-state index contributed by atoms with van der Waals surface area (Å²) in [4.78, 5) is 20.6. The second-order valence-electron chi connectivity index (χ2n) is 6.65. The first kappa shape index (κ1) is 16.5. The molecule has 2 aromatic carbocycles. The van der Waals surface area contributed by atoms with Gasteiger partial charge in [-0.2, -0.15) is 0 Å². The number of fused-ring (bicyclic) bond motifs is 1. The SMILES string of the molecule is COc1ccc2c(C)c(C(=O)N3CCN(c4ccccc4)CC3)[nH]c2c1. The van der Waals surface area contributed by atoms with Crippen LogP contribution in [-0.2, 0) is 0 Å². The topological polar surface area (TPSA) is 48.6 Å². The van der Waals surface area contributed by atoms with Gasteiger partial charge in [-0.05, 0) is 36.8 Å². The number of anilines is 1. The summed E-state index contributed by atoms with van der Waals surface area (Å²) in [7, 11) is 1.65. The summed E-state index contributed by atoms with van der Waals surface area (Å²) in [6.45, 7) is 5.15. The highest BCUT2D eigenvalue weighted by Gasteiger charge is 2.25. The van der Waals surface area contributed by atoms with Crippen LogP contribution in [0.5, 0.6) is 5.75 Å². The highest BCUT2D eigenvalue weighted by atomic mass is 16.5. The zero-order valence-electron chi connectivity index (χ0n) is 15.2. The molecule has 1 saturated heterocycles. The average molecular weight is 349 g/mol. The van der Waals surface area contributed by atoms with Gasteiger partial charge in [-0.15, -0.1) is 0 Å². The Morgan fingerprint density at radius 3 is 2.46 bits per heavy atom. The Bertz CT molecular complexity index is 925. The molecule has 1 aliphatic heterocycles. The maximum absolute atomic E-state index is 13.0. The Morgan fingerprint density at radius 2 is 1.77 bits per heavy atom. The maximum Gasteiger partial charge on any atom is 0.270 e. The molecule has 3 aromatic rings. The number of piperazine rings is 1. The molecule has 2 heterocycles. The van der Waals surface area contributed by atoms with Crippen LogP contribution < -0.4 is 9.64 Å². The van der Waals surface area contributed by atoms with E-state index < -0.39 is 0 Å². The number of H-pyrrole nitrogens is 1. The number of carbonyl (C=O) groups is 1. The van der Waals surface area contributed by atoms with Gasteiger partial charge in [0.15, 0.2) is 0 Å². The van der Waals surface area contributed by atoms with Crippen LogP contribution in [0.1, 0.15) is 16.1 Å². The van der Waals surface area contributed by atoms with Gasteiger partial charge < -0.3 is 19.5 Å². The number of methoxy groups -OCH3 is 1. The lowest BCUT2D eigenvalue weighted by molar-refractivity contribution is 0.0741. The summed E-state index contributed by atoms with van der Waals surface area (Å²) in [5.74, 6) is 0.861. The fourth-order valence-electron chi connectivity index (χ4n) is 3.62. The zero-order valence-corrected chi connectivity index (χ0v) is 15.2. The number of ether oxygens (including phenoxy) is 1. The van der Waals surface area contributed by atoms with Crippen molar-refractivity contribution in [3.8, 4) is 5.75 Å². The van der Waals surface area contributed by atoms with E-state index in [1.54, 1.807) is 7.11 Å². The molecule has 26 heavy (non-hydrogen) atoms. The quantitative estimate of drug-likeness (QED) is 0.788. The van der Waals surface area contributed by atoms with Gasteiger partial charge in [0.25, 0.3) is 5.91 Å². The van der Waals surface area contributed by atoms with E-state index in [0.29, 0.717) is 5.69 Å². The third kappa shape index (κ3) is 2.90. The standard InChI is InChI=1S/C21H23N3O2/c1-15-18-9-8-17(26-2)14-19(18)22-20(15)21(25)24-12-10-23(11-13-24)16-6-4-3-5-7-16/h3-9,14,22H,10-13H2,1-2H3. The highest BCUT2D eigenvalue weighted by molar-refractivity contribution is 6.01. The monoisotopic (exact) mass is 349 g/mol. The number of amides is 1. The minimum Gasteiger partial charge on any atom is -0.497 e. The normalized spacial score (nSPS) is 14.7. The molecule has 0 aliphatic carbocycles. The number of nitrogens with one attached hydrogen (secondary N) is 1. The highest BCUT2D eigenvalue weighted by Crippen LogP contribution is 2.27. The number of carbonyl (C=O) groups excluding carboxylic acids is 1. The van der Waals surface area contributed by atoms with Crippen LogP contribution in [0.2, 0.25) is 0 Å². The molecule has 1 amide bonds. The molecule has 0 radical (unpaired) electrons. The lowest BCUT2D eigenvalue weighted by Gasteiger charge is -2.36. The molecule has 1 aromatic heterocycles. The van der Waals surface area contributed by atoms with Crippen LogP contribution in [0, 0.1) is 6.92 Å². The second-order valence-corrected chi connectivity index (χ2v) is 6.65. The number of benzene rings is 2. The molecule has 134 valence electrons. The largest absolute Gasteiger partial charge is 0.497 e. The fourth-order valence-corrected chi connectivity index (χ4v) is 3.62. The molecule has 0 atom stereocenters. The van der Waals surface area contributed by atoms with Crippen molar-refractivity contribution in [2.45, 2.75) is 6.92 Å². The van der Waals surface area contributed by atoms with Gasteiger partial charge >= 0.3 is 0 Å². The Labute approximate surface area is 153 Å². The molecule has 1 aliphatic rings. The number of hydrogen-bond acceptors (Lipinski definition) is 3. The second kappa shape index (κ2) is 6.75. The molecule has 5 nitrogen and oxygen atoms in total. The lowest BCUT2D eigenvalue weighted by Crippen LogP contribution is -2.49. The fraction of sp³-hybridized carbons (Fsp3) is 0.286. The molecule has 0 saturated carbocycles. The lowest BCUT2D eigenvalue weighted by atomic mass is 10.1. The molecular weight excluding hydrogens is 326 g/mol. The third-order valence-corrected chi connectivity index (χ3v) is 5.17. The molecule has 0 bridgehead atoms. The predicted octanol–water partition coefficient (Wildman–Crippen LogP) is 3.45. The van der Waals surface area contributed by atoms with Gasteiger partial charge in [0.2, 0.25) is 0 Å². The number of aromatic amines is 1. The van der Waals surface area contributed by atoms with E-state index >= 15 is 0 Å². The molecule has 0 spiro atoms. The Kier molecular flexibility index (Phi) is 4.29. The first-order chi connectivity index (χ1) is 12.7. The van der Waals surface area contributed by atoms with Crippen LogP contribution in [0.15, 0.2) is 48.5 Å². The van der Waals surface area contributed by atoms with E-state index in [2.05, 4.69) is 34.1 Å². The number of aryl methyl sites for hydroxylation is 1. The van der Waals surface area contributed by atoms with Gasteiger partial charge in [-0.3, -0.25) is 4.79 Å². The van der Waals surface area contributed by atoms with E-state index in [9.17, 15) is 4.79 Å². The Balaban J connectivity index is 1.52. The first-order valence-electron chi connectivity index (χ1n) is 8.93. The summed E-state index contributed by atoms with van der Waals surface area (Å²) in [5.41, 5.74) is 3.83. The molecule has 1 fully saturated rings. The minimum atomic E-state index is 0.0744. The maximum atomic E-state index is 13.0. The average Bonchev–Trinajstić information content (AvgIpc) is 3.04. The predicted molar refractivity (Wildman–Crippen MR) is 104 cm³/mol. The van der Waals surface area contributed by atoms with Crippen molar-refractivity contribution in [2.75, 3.05) is 38.2 Å². The number of hydrogen-bond donors (Lipinski definition) is 1. The summed E-state index contributed by atoms with van der Waals surface area (Å²) in [6, 6.07) is 16.2. The molecule has 4 rings (SSSR count). The van der Waals surface area contributed by atoms with Gasteiger partial charge in [0.05, 0.1) is 7.11 Å². The van der Waals surface area contributed by atoms with Gasteiger partial charge in [-0.25, -0.2) is 0 Å². The summed E-state index contributed by atoms with van der Waals surface area (Å²) in [5, 5.41) is 1.07. The van der Waals surface area contributed by atoms with Gasteiger partial charge in [0, 0.05) is 48.8 Å². The van der Waals surface area contributed by atoms with Crippen LogP contribution in [0.3, 0.4) is 0 Å². The van der Waals surface area contributed by atoms with Crippen LogP contribution in [-0.4, -0.2) is 49.1 Å². The molecule has 5 heteroatoms. The minimum absolute atomic E-state index is 0.0744. The molecular formula is C21H23N3O2. The summed E-state index contributed by atoms with van der Waals surface area (Å²) < 4.78 is 5.28.